The van der Waals surface area contributed by atoms with E-state index in [9.17, 15) is 0 Å². The van der Waals surface area contributed by atoms with E-state index in [1.54, 1.807) is 0 Å². The summed E-state index contributed by atoms with van der Waals surface area (Å²) in [5.74, 6) is 0. The standard InChI is InChI=1S/C32H28O/c1-3-4-13-23(2)25-14-7-5-6-8-15-26(28-17-10-9-16-27(25)28)24-20-21-30-29-18-11-12-19-31(29)33-32(30)22-24/h3-13,16-22H,14-15H2,1-2H3/b4-3-,7-5-,8-6-,23-13+,27-25+,28-26+. The first-order chi connectivity index (χ1) is 16.3. The van der Waals surface area contributed by atoms with Crippen molar-refractivity contribution in [2.45, 2.75) is 26.7 Å². The molecule has 1 aliphatic carbocycles. The van der Waals surface area contributed by atoms with Gasteiger partial charge in [-0.15, -0.1) is 0 Å². The molecule has 0 bridgehead atoms. The Hall–Kier alpha value is -3.84. The second-order valence-electron chi connectivity index (χ2n) is 8.45. The van der Waals surface area contributed by atoms with Crippen molar-refractivity contribution < 1.29 is 4.42 Å². The highest BCUT2D eigenvalue weighted by Crippen LogP contribution is 2.31. The van der Waals surface area contributed by atoms with Gasteiger partial charge in [0.05, 0.1) is 0 Å². The molecule has 1 heteroatoms. The van der Waals surface area contributed by atoms with Gasteiger partial charge in [-0.25, -0.2) is 0 Å². The van der Waals surface area contributed by atoms with Crippen LogP contribution >= 0.6 is 0 Å². The molecule has 4 aromatic rings. The van der Waals surface area contributed by atoms with Crippen LogP contribution in [0.2, 0.25) is 0 Å². The maximum absolute atomic E-state index is 6.21. The minimum Gasteiger partial charge on any atom is -0.456 e. The number of rotatable bonds is 3. The molecule has 0 fully saturated rings. The zero-order chi connectivity index (χ0) is 22.6. The number of benzene rings is 3. The van der Waals surface area contributed by atoms with Crippen molar-refractivity contribution in [2.75, 3.05) is 0 Å². The van der Waals surface area contributed by atoms with Gasteiger partial charge in [-0.05, 0) is 77.6 Å². The lowest BCUT2D eigenvalue weighted by atomic mass is 9.93. The van der Waals surface area contributed by atoms with Crippen LogP contribution in [0.1, 0.15) is 32.3 Å². The van der Waals surface area contributed by atoms with Crippen LogP contribution in [0.5, 0.6) is 0 Å². The minimum absolute atomic E-state index is 0.859. The highest BCUT2D eigenvalue weighted by atomic mass is 16.3. The number of hydrogen-bond acceptors (Lipinski definition) is 1. The van der Waals surface area contributed by atoms with Gasteiger partial charge < -0.3 is 4.42 Å². The number of para-hydroxylation sites is 1. The second kappa shape index (κ2) is 9.34. The summed E-state index contributed by atoms with van der Waals surface area (Å²) < 4.78 is 6.21. The van der Waals surface area contributed by atoms with Gasteiger partial charge in [0.1, 0.15) is 11.2 Å². The summed E-state index contributed by atoms with van der Waals surface area (Å²) in [4.78, 5) is 0. The Morgan fingerprint density at radius 2 is 1.52 bits per heavy atom. The molecule has 0 saturated heterocycles. The second-order valence-corrected chi connectivity index (χ2v) is 8.45. The van der Waals surface area contributed by atoms with E-state index in [4.69, 9.17) is 4.42 Å². The quantitative estimate of drug-likeness (QED) is 0.311. The first kappa shape index (κ1) is 21.0. The van der Waals surface area contributed by atoms with E-state index in [0.29, 0.717) is 0 Å². The highest BCUT2D eigenvalue weighted by molar-refractivity contribution is 6.05. The summed E-state index contributed by atoms with van der Waals surface area (Å²) in [5, 5.41) is 4.92. The van der Waals surface area contributed by atoms with Crippen molar-refractivity contribution in [1.82, 2.24) is 0 Å². The van der Waals surface area contributed by atoms with Crippen LogP contribution in [0, 0.1) is 0 Å². The van der Waals surface area contributed by atoms with Crippen molar-refractivity contribution in [3.05, 3.63) is 131 Å². The van der Waals surface area contributed by atoms with E-state index in [0.717, 1.165) is 24.0 Å². The van der Waals surface area contributed by atoms with Gasteiger partial charge in [0.25, 0.3) is 0 Å². The summed E-state index contributed by atoms with van der Waals surface area (Å²) in [6, 6.07) is 23.7. The minimum atomic E-state index is 0.859. The van der Waals surface area contributed by atoms with Crippen LogP contribution in [0.15, 0.2) is 119 Å². The molecule has 33 heavy (non-hydrogen) atoms. The normalized spacial score (nSPS) is 20.2. The molecule has 0 N–H and O–H groups in total. The Labute approximate surface area is 195 Å². The molecule has 0 aliphatic heterocycles. The first-order valence-electron chi connectivity index (χ1n) is 11.6. The largest absolute Gasteiger partial charge is 0.456 e. The van der Waals surface area contributed by atoms with Gasteiger partial charge >= 0.3 is 0 Å². The molecule has 1 aromatic heterocycles. The number of furan rings is 1. The molecule has 0 atom stereocenters. The van der Waals surface area contributed by atoms with Gasteiger partial charge in [0.2, 0.25) is 0 Å². The lowest BCUT2D eigenvalue weighted by molar-refractivity contribution is 0.669. The van der Waals surface area contributed by atoms with Crippen molar-refractivity contribution in [2.24, 2.45) is 0 Å². The molecule has 0 spiro atoms. The molecule has 162 valence electrons. The maximum atomic E-state index is 6.21. The summed E-state index contributed by atoms with van der Waals surface area (Å²) in [6.07, 6.45) is 17.0. The Bertz CT molecular complexity index is 1570. The molecule has 5 rings (SSSR count). The lowest BCUT2D eigenvalue weighted by Crippen LogP contribution is -2.29. The van der Waals surface area contributed by atoms with Crippen LogP contribution in [0.3, 0.4) is 0 Å². The van der Waals surface area contributed by atoms with E-state index in [2.05, 4.69) is 111 Å². The van der Waals surface area contributed by atoms with E-state index < -0.39 is 0 Å². The smallest absolute Gasteiger partial charge is 0.136 e. The molecule has 0 saturated carbocycles. The Morgan fingerprint density at radius 3 is 2.36 bits per heavy atom. The van der Waals surface area contributed by atoms with Crippen LogP contribution in [0.4, 0.5) is 0 Å². The van der Waals surface area contributed by atoms with Gasteiger partial charge in [0, 0.05) is 10.8 Å². The molecule has 3 aromatic carbocycles. The molecule has 1 aliphatic rings. The average molecular weight is 429 g/mol. The third kappa shape index (κ3) is 4.15. The fraction of sp³-hybridized carbons (Fsp3) is 0.125. The molecule has 1 heterocycles. The predicted octanol–water partition coefficient (Wildman–Crippen LogP) is 7.36. The Kier molecular flexibility index (Phi) is 5.95. The summed E-state index contributed by atoms with van der Waals surface area (Å²) in [7, 11) is 0. The fourth-order valence-corrected chi connectivity index (χ4v) is 4.66. The van der Waals surface area contributed by atoms with E-state index in [-0.39, 0.29) is 0 Å². The number of allylic oxidation sites excluding steroid dienone is 8. The maximum Gasteiger partial charge on any atom is 0.136 e. The lowest BCUT2D eigenvalue weighted by Gasteiger charge is -2.11. The van der Waals surface area contributed by atoms with Gasteiger partial charge in [-0.3, -0.25) is 0 Å². The van der Waals surface area contributed by atoms with Crippen LogP contribution in [-0.4, -0.2) is 0 Å². The van der Waals surface area contributed by atoms with Gasteiger partial charge in [-0.1, -0.05) is 91.1 Å². The SMILES string of the molecule is C\C=C/C=C(C)/C1=c2\cccc\c2=C(/c2ccc3c(c2)oc2ccccc23)C/C=C\C=C/C1. The number of hydrogen-bond donors (Lipinski definition) is 0. The van der Waals surface area contributed by atoms with Crippen molar-refractivity contribution in [3.63, 3.8) is 0 Å². The summed E-state index contributed by atoms with van der Waals surface area (Å²) in [6.45, 7) is 4.27. The summed E-state index contributed by atoms with van der Waals surface area (Å²) in [5.41, 5.74) is 7.05. The number of fused-ring (bicyclic) bond motifs is 4. The van der Waals surface area contributed by atoms with E-state index in [1.807, 2.05) is 12.1 Å². The topological polar surface area (TPSA) is 13.1 Å². The van der Waals surface area contributed by atoms with Crippen LogP contribution in [0.25, 0.3) is 33.1 Å². The highest BCUT2D eigenvalue weighted by Gasteiger charge is 2.11. The van der Waals surface area contributed by atoms with Crippen molar-refractivity contribution in [1.29, 1.82) is 0 Å². The predicted molar refractivity (Wildman–Crippen MR) is 141 cm³/mol. The Morgan fingerprint density at radius 1 is 0.788 bits per heavy atom. The molecule has 1 nitrogen and oxygen atoms in total. The Balaban J connectivity index is 1.83. The third-order valence-corrected chi connectivity index (χ3v) is 6.35. The monoisotopic (exact) mass is 428 g/mol. The third-order valence-electron chi connectivity index (χ3n) is 6.35. The molecular formula is C32H28O. The molecule has 0 radical (unpaired) electrons. The molecule has 0 amide bonds. The average Bonchev–Trinajstić information content (AvgIpc) is 3.23. The zero-order valence-corrected chi connectivity index (χ0v) is 19.2. The van der Waals surface area contributed by atoms with Crippen molar-refractivity contribution >= 4 is 33.1 Å². The van der Waals surface area contributed by atoms with Crippen LogP contribution < -0.4 is 10.4 Å². The molecular weight excluding hydrogens is 400 g/mol. The first-order valence-corrected chi connectivity index (χ1v) is 11.6. The van der Waals surface area contributed by atoms with E-state index in [1.165, 1.54) is 43.5 Å². The fourth-order valence-electron chi connectivity index (χ4n) is 4.66. The van der Waals surface area contributed by atoms with Crippen LogP contribution in [-0.2, 0) is 0 Å². The van der Waals surface area contributed by atoms with Gasteiger partial charge in [-0.2, -0.15) is 0 Å². The van der Waals surface area contributed by atoms with E-state index >= 15 is 0 Å². The van der Waals surface area contributed by atoms with Gasteiger partial charge in [0.15, 0.2) is 0 Å². The summed E-state index contributed by atoms with van der Waals surface area (Å²) >= 11 is 0. The molecule has 0 unspecified atom stereocenters. The zero-order valence-electron chi connectivity index (χ0n) is 19.2. The van der Waals surface area contributed by atoms with Crippen molar-refractivity contribution in [3.8, 4) is 0 Å².